The van der Waals surface area contributed by atoms with Gasteiger partial charge in [0.1, 0.15) is 12.9 Å². The monoisotopic (exact) mass is 966 g/mol. The highest BCUT2D eigenvalue weighted by Crippen LogP contribution is 2.67. The molecule has 1 unspecified atom stereocenters. The van der Waals surface area contributed by atoms with Gasteiger partial charge in [0.15, 0.2) is 0 Å². The number of carbonyl (C=O) groups is 2. The summed E-state index contributed by atoms with van der Waals surface area (Å²) in [6.45, 7) is 20.1. The minimum absolute atomic E-state index is 0.0523. The van der Waals surface area contributed by atoms with Gasteiger partial charge in [0.25, 0.3) is 0 Å². The number of carbonyl (C=O) groups excluding carboxylic acids is 2. The molecule has 0 bridgehead atoms. The molecule has 3 saturated carbocycles. The number of esters is 2. The van der Waals surface area contributed by atoms with Crippen LogP contribution in [0, 0.1) is 46.3 Å². The Bertz CT molecular complexity index is 1470. The van der Waals surface area contributed by atoms with Crippen LogP contribution < -0.4 is 0 Å². The van der Waals surface area contributed by atoms with Crippen LogP contribution in [0.4, 0.5) is 0 Å². The average molecular weight is 967 g/mol. The lowest BCUT2D eigenvalue weighted by Gasteiger charge is -2.58. The number of nitrogens with zero attached hydrogens (tertiary/aromatic N) is 1. The highest BCUT2D eigenvalue weighted by atomic mass is 16.7. The fourth-order valence-electron chi connectivity index (χ4n) is 14.1. The quantitative estimate of drug-likeness (QED) is 0.0266. The van der Waals surface area contributed by atoms with Crippen LogP contribution in [0.3, 0.4) is 0 Å². The van der Waals surface area contributed by atoms with Crippen molar-refractivity contribution in [3.8, 4) is 0 Å². The van der Waals surface area contributed by atoms with E-state index in [0.29, 0.717) is 31.8 Å². The summed E-state index contributed by atoms with van der Waals surface area (Å²) in [5.74, 6) is 4.28. The lowest BCUT2D eigenvalue weighted by atomic mass is 9.47. The zero-order valence-corrected chi connectivity index (χ0v) is 45.7. The zero-order chi connectivity index (χ0) is 49.2. The van der Waals surface area contributed by atoms with Crippen LogP contribution in [0.2, 0.25) is 0 Å². The van der Waals surface area contributed by atoms with Gasteiger partial charge in [0.05, 0.1) is 38.8 Å². The summed E-state index contributed by atoms with van der Waals surface area (Å²) in [6.07, 6.45) is 43.7. The van der Waals surface area contributed by atoms with E-state index in [4.69, 9.17) is 23.7 Å². The molecule has 5 aliphatic rings. The molecule has 8 nitrogen and oxygen atoms in total. The van der Waals surface area contributed by atoms with Crippen LogP contribution in [0.1, 0.15) is 241 Å². The average Bonchev–Trinajstić information content (AvgIpc) is 3.70. The lowest BCUT2D eigenvalue weighted by Crippen LogP contribution is -2.51. The Balaban J connectivity index is 0.890. The summed E-state index contributed by atoms with van der Waals surface area (Å²) in [7, 11) is 0. The fourth-order valence-corrected chi connectivity index (χ4v) is 14.1. The van der Waals surface area contributed by atoms with Gasteiger partial charge >= 0.3 is 11.9 Å². The van der Waals surface area contributed by atoms with E-state index in [1.807, 2.05) is 0 Å². The van der Waals surface area contributed by atoms with E-state index in [9.17, 15) is 9.59 Å². The predicted molar refractivity (Wildman–Crippen MR) is 284 cm³/mol. The van der Waals surface area contributed by atoms with E-state index in [2.05, 4.69) is 64.7 Å². The van der Waals surface area contributed by atoms with Gasteiger partial charge in [-0.05, 0) is 149 Å². The minimum atomic E-state index is -0.347. The van der Waals surface area contributed by atoms with E-state index < -0.39 is 0 Å². The van der Waals surface area contributed by atoms with E-state index in [0.717, 1.165) is 87.4 Å². The molecule has 9 atom stereocenters. The molecule has 1 heterocycles. The van der Waals surface area contributed by atoms with Gasteiger partial charge in [-0.3, -0.25) is 9.59 Å². The Morgan fingerprint density at radius 2 is 1.43 bits per heavy atom. The first-order valence-electron chi connectivity index (χ1n) is 29.7. The first-order valence-corrected chi connectivity index (χ1v) is 29.7. The molecule has 1 aliphatic heterocycles. The smallest absolute Gasteiger partial charge is 0.306 e. The van der Waals surface area contributed by atoms with Gasteiger partial charge in [-0.25, -0.2) is 0 Å². The number of ether oxygens (including phenoxy) is 5. The Morgan fingerprint density at radius 3 is 2.17 bits per heavy atom. The largest absolute Gasteiger partial charge is 0.466 e. The molecule has 1 saturated heterocycles. The molecule has 4 aliphatic carbocycles. The van der Waals surface area contributed by atoms with Crippen LogP contribution >= 0.6 is 0 Å². The Kier molecular flexibility index (Phi) is 27.3. The number of fused-ring (bicyclic) bond motifs is 5. The van der Waals surface area contributed by atoms with Crippen molar-refractivity contribution >= 4 is 11.9 Å². The van der Waals surface area contributed by atoms with E-state index >= 15 is 0 Å². The second-order valence-electron chi connectivity index (χ2n) is 23.9. The summed E-state index contributed by atoms with van der Waals surface area (Å²) >= 11 is 0. The molecule has 398 valence electrons. The maximum absolute atomic E-state index is 13.0. The molecule has 8 heteroatoms. The molecule has 5 rings (SSSR count). The number of rotatable bonds is 36. The maximum Gasteiger partial charge on any atom is 0.306 e. The number of hydrogen-bond acceptors (Lipinski definition) is 8. The molecular weight excluding hydrogens is 859 g/mol. The number of unbranched alkanes of at least 4 members (excludes halogenated alkanes) is 12. The third-order valence-corrected chi connectivity index (χ3v) is 18.2. The molecule has 69 heavy (non-hydrogen) atoms. The van der Waals surface area contributed by atoms with Crippen molar-refractivity contribution in [1.29, 1.82) is 0 Å². The Labute approximate surface area is 424 Å². The lowest BCUT2D eigenvalue weighted by molar-refractivity contribution is -0.155. The Hall–Kier alpha value is -1.74. The van der Waals surface area contributed by atoms with E-state index in [1.54, 1.807) is 0 Å². The Morgan fingerprint density at radius 1 is 0.725 bits per heavy atom. The van der Waals surface area contributed by atoms with Gasteiger partial charge < -0.3 is 28.6 Å². The van der Waals surface area contributed by atoms with Crippen molar-refractivity contribution in [2.45, 2.75) is 253 Å². The van der Waals surface area contributed by atoms with Crippen molar-refractivity contribution in [2.75, 3.05) is 52.9 Å². The number of hydrogen-bond donors (Lipinski definition) is 0. The number of likely N-dealkylation sites (tertiary alicyclic amines) is 1. The van der Waals surface area contributed by atoms with Crippen LogP contribution in [-0.4, -0.2) is 81.9 Å². The van der Waals surface area contributed by atoms with Gasteiger partial charge in [-0.15, -0.1) is 0 Å². The zero-order valence-electron chi connectivity index (χ0n) is 45.7. The van der Waals surface area contributed by atoms with Gasteiger partial charge in [-0.1, -0.05) is 149 Å². The fraction of sp³-hybridized carbons (Fsp3) is 0.902. The van der Waals surface area contributed by atoms with Crippen molar-refractivity contribution in [1.82, 2.24) is 4.90 Å². The summed E-state index contributed by atoms with van der Waals surface area (Å²) in [6, 6.07) is 0. The highest BCUT2D eigenvalue weighted by Gasteiger charge is 2.59. The van der Waals surface area contributed by atoms with Crippen LogP contribution in [0.5, 0.6) is 0 Å². The normalized spacial score (nSPS) is 28.0. The second kappa shape index (κ2) is 32.4. The van der Waals surface area contributed by atoms with Gasteiger partial charge in [-0.2, -0.15) is 0 Å². The standard InChI is InChI=1S/C61H107NO7/c1-7-8-9-10-11-12-13-14-15-16-17-18-19-20-21-25-42-65-48-66-47-53(46-62-40-23-22-24-41-62)67-43-27-44-68-58(63)34-35-59(64)69-52-36-38-60(5)51(45-52)30-31-54-56-33-32-55(50(4)29-26-28-49(2)3)61(56,6)39-37-57(54)60/h14-15,30,49-50,52-57H,7-13,16-29,31-48H2,1-6H3/b15-14-/t50-,52-,53?,54-,55+,56+,57+,60-,61+/m0/s1. The molecule has 0 aromatic heterocycles. The topological polar surface area (TPSA) is 83.5 Å². The van der Waals surface area contributed by atoms with Crippen molar-refractivity contribution in [3.63, 3.8) is 0 Å². The molecule has 0 aromatic carbocycles. The molecule has 4 fully saturated rings. The predicted octanol–water partition coefficient (Wildman–Crippen LogP) is 15.6. The molecule has 0 N–H and O–H groups in total. The van der Waals surface area contributed by atoms with Crippen molar-refractivity contribution in [3.05, 3.63) is 23.8 Å². The molecular formula is C61H107NO7. The number of allylic oxidation sites excluding steroid dienone is 3. The SMILES string of the molecule is CCCCCCCC/C=C\CCCCCCCCOCOCC(CN1CCCCC1)OCCCOC(=O)CCC(=O)O[C@H]1CC[C@@]2(C)C(=CC[C@H]3[C@H]4CC[C@H]([C@@H](C)CCCC(C)C)[C@@]4(C)CC[C@H]32)C1. The molecule has 0 radical (unpaired) electrons. The van der Waals surface area contributed by atoms with Gasteiger partial charge in [0, 0.05) is 26.0 Å². The third kappa shape index (κ3) is 19.9. The van der Waals surface area contributed by atoms with Crippen LogP contribution in [0.25, 0.3) is 0 Å². The molecule has 0 spiro atoms. The summed E-state index contributed by atoms with van der Waals surface area (Å²) in [5.41, 5.74) is 2.25. The van der Waals surface area contributed by atoms with Crippen molar-refractivity contribution < 1.29 is 33.3 Å². The van der Waals surface area contributed by atoms with E-state index in [-0.39, 0.29) is 49.0 Å². The summed E-state index contributed by atoms with van der Waals surface area (Å²) in [4.78, 5) is 28.2. The van der Waals surface area contributed by atoms with Crippen molar-refractivity contribution in [2.24, 2.45) is 46.3 Å². The van der Waals surface area contributed by atoms with Crippen LogP contribution in [-0.2, 0) is 33.3 Å². The third-order valence-electron chi connectivity index (χ3n) is 18.2. The molecule has 0 amide bonds. The van der Waals surface area contributed by atoms with Crippen LogP contribution in [0.15, 0.2) is 23.8 Å². The first kappa shape index (κ1) is 58.2. The highest BCUT2D eigenvalue weighted by molar-refractivity contribution is 5.77. The second-order valence-corrected chi connectivity index (χ2v) is 23.9. The number of piperidine rings is 1. The van der Waals surface area contributed by atoms with Gasteiger partial charge in [0.2, 0.25) is 0 Å². The van der Waals surface area contributed by atoms with E-state index in [1.165, 1.54) is 160 Å². The maximum atomic E-state index is 13.0. The molecule has 0 aromatic rings. The first-order chi connectivity index (χ1) is 33.5. The minimum Gasteiger partial charge on any atom is -0.466 e. The summed E-state index contributed by atoms with van der Waals surface area (Å²) < 4.78 is 29.6. The summed E-state index contributed by atoms with van der Waals surface area (Å²) in [5, 5.41) is 0.